The molecule has 0 unspecified atom stereocenters. The summed E-state index contributed by atoms with van der Waals surface area (Å²) < 4.78 is 17.2. The number of hydrogen-bond donors (Lipinski definition) is 1. The van der Waals surface area contributed by atoms with Crippen LogP contribution in [-0.2, 0) is 6.67 Å². The second kappa shape index (κ2) is 3.89. The molecule has 4 heteroatoms. The number of carboxylic acid groups (broad SMARTS) is 1. The third-order valence-electron chi connectivity index (χ3n) is 1.67. The molecular formula is C9H9FO3. The van der Waals surface area contributed by atoms with Crippen molar-refractivity contribution in [2.24, 2.45) is 0 Å². The van der Waals surface area contributed by atoms with E-state index in [-0.39, 0.29) is 11.1 Å². The van der Waals surface area contributed by atoms with Gasteiger partial charge in [-0.1, -0.05) is 0 Å². The SMILES string of the molecule is COc1ccc(C(=O)O)cc1CF. The van der Waals surface area contributed by atoms with E-state index in [1.807, 2.05) is 0 Å². The summed E-state index contributed by atoms with van der Waals surface area (Å²) in [6.07, 6.45) is 0. The summed E-state index contributed by atoms with van der Waals surface area (Å²) in [4.78, 5) is 10.5. The Labute approximate surface area is 74.8 Å². The first-order valence-electron chi connectivity index (χ1n) is 3.65. The lowest BCUT2D eigenvalue weighted by Gasteiger charge is -2.05. The van der Waals surface area contributed by atoms with Crippen LogP contribution in [0.2, 0.25) is 0 Å². The van der Waals surface area contributed by atoms with E-state index < -0.39 is 12.6 Å². The highest BCUT2D eigenvalue weighted by molar-refractivity contribution is 5.88. The lowest BCUT2D eigenvalue weighted by Crippen LogP contribution is -1.98. The lowest BCUT2D eigenvalue weighted by molar-refractivity contribution is 0.0696. The fourth-order valence-corrected chi connectivity index (χ4v) is 1.02. The molecule has 1 rings (SSSR count). The Morgan fingerprint density at radius 2 is 2.31 bits per heavy atom. The standard InChI is InChI=1S/C9H9FO3/c1-13-8-3-2-6(9(11)12)4-7(8)5-10/h2-4H,5H2,1H3,(H,11,12). The number of alkyl halides is 1. The van der Waals surface area contributed by atoms with Gasteiger partial charge in [0.05, 0.1) is 12.7 Å². The molecule has 3 nitrogen and oxygen atoms in total. The summed E-state index contributed by atoms with van der Waals surface area (Å²) in [5.41, 5.74) is 0.316. The normalized spacial score (nSPS) is 9.69. The zero-order valence-corrected chi connectivity index (χ0v) is 7.08. The molecule has 0 aromatic heterocycles. The Kier molecular flexibility index (Phi) is 2.84. The fourth-order valence-electron chi connectivity index (χ4n) is 1.02. The Hall–Kier alpha value is -1.58. The van der Waals surface area contributed by atoms with Crippen LogP contribution in [0.15, 0.2) is 18.2 Å². The molecule has 0 heterocycles. The summed E-state index contributed by atoms with van der Waals surface area (Å²) in [7, 11) is 1.41. The molecule has 0 fully saturated rings. The molecule has 1 aromatic carbocycles. The van der Waals surface area contributed by atoms with Gasteiger partial charge in [-0.3, -0.25) is 0 Å². The fraction of sp³-hybridized carbons (Fsp3) is 0.222. The summed E-state index contributed by atoms with van der Waals surface area (Å²) in [6, 6.07) is 4.08. The quantitative estimate of drug-likeness (QED) is 0.779. The molecular weight excluding hydrogens is 175 g/mol. The van der Waals surface area contributed by atoms with E-state index in [0.717, 1.165) is 0 Å². The molecule has 13 heavy (non-hydrogen) atoms. The van der Waals surface area contributed by atoms with Gasteiger partial charge in [0.1, 0.15) is 12.4 Å². The summed E-state index contributed by atoms with van der Waals surface area (Å²) in [5, 5.41) is 8.61. The first-order valence-corrected chi connectivity index (χ1v) is 3.65. The minimum Gasteiger partial charge on any atom is -0.496 e. The number of carboxylic acids is 1. The van der Waals surface area contributed by atoms with Crippen LogP contribution in [0.25, 0.3) is 0 Å². The number of aromatic carboxylic acids is 1. The molecule has 0 atom stereocenters. The van der Waals surface area contributed by atoms with Gasteiger partial charge in [-0.15, -0.1) is 0 Å². The summed E-state index contributed by atoms with van der Waals surface area (Å²) >= 11 is 0. The number of rotatable bonds is 3. The number of carbonyl (C=O) groups is 1. The maximum atomic E-state index is 12.3. The van der Waals surface area contributed by atoms with Gasteiger partial charge in [0.25, 0.3) is 0 Å². The van der Waals surface area contributed by atoms with Crippen molar-refractivity contribution in [2.45, 2.75) is 6.67 Å². The van der Waals surface area contributed by atoms with Crippen molar-refractivity contribution in [3.63, 3.8) is 0 Å². The molecule has 0 aliphatic heterocycles. The topological polar surface area (TPSA) is 46.5 Å². The molecule has 0 spiro atoms. The number of ether oxygens (including phenoxy) is 1. The van der Waals surface area contributed by atoms with E-state index >= 15 is 0 Å². The van der Waals surface area contributed by atoms with Gasteiger partial charge in [-0.2, -0.15) is 0 Å². The van der Waals surface area contributed by atoms with Gasteiger partial charge in [-0.05, 0) is 18.2 Å². The zero-order valence-electron chi connectivity index (χ0n) is 7.08. The van der Waals surface area contributed by atoms with Crippen LogP contribution in [0.1, 0.15) is 15.9 Å². The predicted octanol–water partition coefficient (Wildman–Crippen LogP) is 1.86. The van der Waals surface area contributed by atoms with Crippen LogP contribution < -0.4 is 4.74 Å². The van der Waals surface area contributed by atoms with E-state index in [4.69, 9.17) is 9.84 Å². The molecule has 0 bridgehead atoms. The molecule has 0 amide bonds. The Bertz CT molecular complexity index is 323. The van der Waals surface area contributed by atoms with Gasteiger partial charge in [0, 0.05) is 5.56 Å². The Morgan fingerprint density at radius 3 is 2.77 bits per heavy atom. The van der Waals surface area contributed by atoms with Crippen molar-refractivity contribution in [1.82, 2.24) is 0 Å². The summed E-state index contributed by atoms with van der Waals surface area (Å²) in [6.45, 7) is -0.732. The van der Waals surface area contributed by atoms with Crippen molar-refractivity contribution in [1.29, 1.82) is 0 Å². The van der Waals surface area contributed by atoms with Crippen LogP contribution >= 0.6 is 0 Å². The van der Waals surface area contributed by atoms with E-state index in [2.05, 4.69) is 0 Å². The Balaban J connectivity index is 3.13. The van der Waals surface area contributed by atoms with Crippen LogP contribution in [0.5, 0.6) is 5.75 Å². The number of hydrogen-bond acceptors (Lipinski definition) is 2. The van der Waals surface area contributed by atoms with E-state index in [1.165, 1.54) is 25.3 Å². The van der Waals surface area contributed by atoms with Crippen LogP contribution in [-0.4, -0.2) is 18.2 Å². The number of halogens is 1. The largest absolute Gasteiger partial charge is 0.496 e. The minimum atomic E-state index is -1.07. The van der Waals surface area contributed by atoms with Crippen LogP contribution in [0.4, 0.5) is 4.39 Å². The van der Waals surface area contributed by atoms with Crippen molar-refractivity contribution in [2.75, 3.05) is 7.11 Å². The third-order valence-corrected chi connectivity index (χ3v) is 1.67. The second-order valence-electron chi connectivity index (χ2n) is 2.47. The van der Waals surface area contributed by atoms with Gasteiger partial charge in [-0.25, -0.2) is 9.18 Å². The molecule has 0 saturated carbocycles. The maximum absolute atomic E-state index is 12.3. The maximum Gasteiger partial charge on any atom is 0.335 e. The van der Waals surface area contributed by atoms with Crippen molar-refractivity contribution in [3.05, 3.63) is 29.3 Å². The summed E-state index contributed by atoms with van der Waals surface area (Å²) in [5.74, 6) is -0.704. The molecule has 0 radical (unpaired) electrons. The van der Waals surface area contributed by atoms with Crippen LogP contribution in [0.3, 0.4) is 0 Å². The monoisotopic (exact) mass is 184 g/mol. The Morgan fingerprint density at radius 1 is 1.62 bits per heavy atom. The second-order valence-corrected chi connectivity index (χ2v) is 2.47. The van der Waals surface area contributed by atoms with E-state index in [0.29, 0.717) is 5.75 Å². The molecule has 0 aliphatic carbocycles. The minimum absolute atomic E-state index is 0.0634. The van der Waals surface area contributed by atoms with Gasteiger partial charge in [0.2, 0.25) is 0 Å². The van der Waals surface area contributed by atoms with Crippen molar-refractivity contribution < 1.29 is 19.0 Å². The lowest BCUT2D eigenvalue weighted by atomic mass is 10.1. The first kappa shape index (κ1) is 9.51. The van der Waals surface area contributed by atoms with Gasteiger partial charge >= 0.3 is 5.97 Å². The van der Waals surface area contributed by atoms with Crippen molar-refractivity contribution in [3.8, 4) is 5.75 Å². The van der Waals surface area contributed by atoms with Gasteiger partial charge < -0.3 is 9.84 Å². The number of benzene rings is 1. The van der Waals surface area contributed by atoms with Crippen molar-refractivity contribution >= 4 is 5.97 Å². The molecule has 70 valence electrons. The highest BCUT2D eigenvalue weighted by atomic mass is 19.1. The smallest absolute Gasteiger partial charge is 0.335 e. The zero-order chi connectivity index (χ0) is 9.84. The average molecular weight is 184 g/mol. The average Bonchev–Trinajstić information content (AvgIpc) is 2.16. The number of methoxy groups -OCH3 is 1. The molecule has 1 aromatic rings. The van der Waals surface area contributed by atoms with E-state index in [1.54, 1.807) is 0 Å². The highest BCUT2D eigenvalue weighted by Crippen LogP contribution is 2.20. The van der Waals surface area contributed by atoms with Gasteiger partial charge in [0.15, 0.2) is 0 Å². The predicted molar refractivity (Wildman–Crippen MR) is 44.8 cm³/mol. The molecule has 0 aliphatic rings. The van der Waals surface area contributed by atoms with E-state index in [9.17, 15) is 9.18 Å². The molecule has 1 N–H and O–H groups in total. The molecule has 0 saturated heterocycles. The van der Waals surface area contributed by atoms with Crippen LogP contribution in [0, 0.1) is 0 Å². The third kappa shape index (κ3) is 1.96. The first-order chi connectivity index (χ1) is 6.19. The highest BCUT2D eigenvalue weighted by Gasteiger charge is 2.07.